The highest BCUT2D eigenvalue weighted by atomic mass is 16.3. The molecule has 1 N–H and O–H groups in total. The van der Waals surface area contributed by atoms with Crippen molar-refractivity contribution < 1.29 is 9.21 Å². The Bertz CT molecular complexity index is 307. The predicted octanol–water partition coefficient (Wildman–Crippen LogP) is 2.12. The van der Waals surface area contributed by atoms with E-state index in [9.17, 15) is 4.79 Å². The van der Waals surface area contributed by atoms with E-state index in [1.807, 2.05) is 27.7 Å². The van der Waals surface area contributed by atoms with Crippen LogP contribution in [-0.4, -0.2) is 11.4 Å². The van der Waals surface area contributed by atoms with Gasteiger partial charge in [0.1, 0.15) is 0 Å². The summed E-state index contributed by atoms with van der Waals surface area (Å²) in [5.41, 5.74) is 0.637. The number of carbonyl (C=O) groups is 1. The van der Waals surface area contributed by atoms with Crippen LogP contribution in [0.15, 0.2) is 16.7 Å². The monoisotopic (exact) mass is 181 g/mol. The number of amides is 1. The maximum atomic E-state index is 11.5. The number of furan rings is 1. The molecular formula is C10H15NO2. The smallest absolute Gasteiger partial charge is 0.287 e. The third-order valence-corrected chi connectivity index (χ3v) is 1.56. The third-order valence-electron chi connectivity index (χ3n) is 1.56. The second-order valence-corrected chi connectivity index (χ2v) is 4.14. The molecule has 0 saturated carbocycles. The Labute approximate surface area is 78.1 Å². The van der Waals surface area contributed by atoms with Gasteiger partial charge in [-0.25, -0.2) is 0 Å². The van der Waals surface area contributed by atoms with Crippen LogP contribution in [0.5, 0.6) is 0 Å². The van der Waals surface area contributed by atoms with Crippen LogP contribution >= 0.6 is 0 Å². The lowest BCUT2D eigenvalue weighted by molar-refractivity contribution is 0.0890. The van der Waals surface area contributed by atoms with Gasteiger partial charge < -0.3 is 9.73 Å². The van der Waals surface area contributed by atoms with Gasteiger partial charge in [0.25, 0.3) is 5.91 Å². The predicted molar refractivity (Wildman–Crippen MR) is 50.7 cm³/mol. The summed E-state index contributed by atoms with van der Waals surface area (Å²) in [7, 11) is 0. The normalized spacial score (nSPS) is 11.4. The number of hydrogen-bond acceptors (Lipinski definition) is 2. The second kappa shape index (κ2) is 3.24. The van der Waals surface area contributed by atoms with Crippen molar-refractivity contribution in [1.82, 2.24) is 5.32 Å². The van der Waals surface area contributed by atoms with E-state index in [0.29, 0.717) is 5.76 Å². The molecule has 3 heteroatoms. The van der Waals surface area contributed by atoms with E-state index in [1.165, 1.54) is 6.26 Å². The van der Waals surface area contributed by atoms with E-state index in [2.05, 4.69) is 5.32 Å². The van der Waals surface area contributed by atoms with Gasteiger partial charge >= 0.3 is 0 Å². The summed E-state index contributed by atoms with van der Waals surface area (Å²) in [4.78, 5) is 11.5. The molecular weight excluding hydrogens is 166 g/mol. The van der Waals surface area contributed by atoms with Crippen LogP contribution in [0.1, 0.15) is 36.9 Å². The standard InChI is InChI=1S/C10H15NO2/c1-7-5-6-13-8(7)9(12)11-10(2,3)4/h5-6H,1-4H3,(H,11,12). The first-order valence-electron chi connectivity index (χ1n) is 4.27. The number of hydrogen-bond donors (Lipinski definition) is 1. The Hall–Kier alpha value is -1.25. The molecule has 1 heterocycles. The van der Waals surface area contributed by atoms with E-state index in [1.54, 1.807) is 6.07 Å². The first-order chi connectivity index (χ1) is 5.90. The molecule has 0 aliphatic rings. The Kier molecular flexibility index (Phi) is 2.45. The molecule has 13 heavy (non-hydrogen) atoms. The average Bonchev–Trinajstić information content (AvgIpc) is 2.30. The molecule has 1 rings (SSSR count). The lowest BCUT2D eigenvalue weighted by Gasteiger charge is -2.19. The Balaban J connectivity index is 2.76. The van der Waals surface area contributed by atoms with Crippen LogP contribution in [-0.2, 0) is 0 Å². The summed E-state index contributed by atoms with van der Waals surface area (Å²) >= 11 is 0. The van der Waals surface area contributed by atoms with Crippen molar-refractivity contribution in [3.63, 3.8) is 0 Å². The molecule has 3 nitrogen and oxygen atoms in total. The largest absolute Gasteiger partial charge is 0.459 e. The fraction of sp³-hybridized carbons (Fsp3) is 0.500. The average molecular weight is 181 g/mol. The van der Waals surface area contributed by atoms with Crippen molar-refractivity contribution in [3.8, 4) is 0 Å². The molecule has 1 amide bonds. The molecule has 72 valence electrons. The van der Waals surface area contributed by atoms with Crippen molar-refractivity contribution in [2.45, 2.75) is 33.2 Å². The summed E-state index contributed by atoms with van der Waals surface area (Å²) in [5.74, 6) is 0.241. The molecule has 1 aromatic rings. The summed E-state index contributed by atoms with van der Waals surface area (Å²) in [6.07, 6.45) is 1.52. The Morgan fingerprint density at radius 3 is 2.46 bits per heavy atom. The first kappa shape index (κ1) is 9.84. The summed E-state index contributed by atoms with van der Waals surface area (Å²) < 4.78 is 5.06. The molecule has 0 unspecified atom stereocenters. The number of nitrogens with one attached hydrogen (secondary N) is 1. The third kappa shape index (κ3) is 2.61. The quantitative estimate of drug-likeness (QED) is 0.721. The van der Waals surface area contributed by atoms with Gasteiger partial charge in [0, 0.05) is 11.1 Å². The highest BCUT2D eigenvalue weighted by molar-refractivity contribution is 5.93. The molecule has 0 aliphatic carbocycles. The first-order valence-corrected chi connectivity index (χ1v) is 4.27. The lowest BCUT2D eigenvalue weighted by Crippen LogP contribution is -2.40. The van der Waals surface area contributed by atoms with Crippen molar-refractivity contribution in [2.24, 2.45) is 0 Å². The Morgan fingerprint density at radius 1 is 1.46 bits per heavy atom. The molecule has 0 aromatic carbocycles. The van der Waals surface area contributed by atoms with Gasteiger partial charge in [0.15, 0.2) is 5.76 Å². The van der Waals surface area contributed by atoms with E-state index >= 15 is 0 Å². The van der Waals surface area contributed by atoms with Gasteiger partial charge in [-0.05, 0) is 33.8 Å². The van der Waals surface area contributed by atoms with Crippen LogP contribution in [0.4, 0.5) is 0 Å². The maximum Gasteiger partial charge on any atom is 0.287 e. The lowest BCUT2D eigenvalue weighted by atomic mass is 10.1. The molecule has 0 saturated heterocycles. The van der Waals surface area contributed by atoms with Crippen molar-refractivity contribution in [1.29, 1.82) is 0 Å². The van der Waals surface area contributed by atoms with Gasteiger partial charge in [0.05, 0.1) is 6.26 Å². The molecule has 0 spiro atoms. The van der Waals surface area contributed by atoms with Crippen LogP contribution in [0.2, 0.25) is 0 Å². The minimum absolute atomic E-state index is 0.157. The fourth-order valence-electron chi connectivity index (χ4n) is 1.00. The zero-order chi connectivity index (χ0) is 10.1. The molecule has 0 bridgehead atoms. The van der Waals surface area contributed by atoms with Crippen LogP contribution in [0.3, 0.4) is 0 Å². The topological polar surface area (TPSA) is 42.2 Å². The minimum Gasteiger partial charge on any atom is -0.459 e. The number of carbonyl (C=O) groups excluding carboxylic acids is 1. The maximum absolute atomic E-state index is 11.5. The zero-order valence-electron chi connectivity index (χ0n) is 8.47. The molecule has 0 atom stereocenters. The van der Waals surface area contributed by atoms with Crippen molar-refractivity contribution in [2.75, 3.05) is 0 Å². The van der Waals surface area contributed by atoms with Gasteiger partial charge in [0.2, 0.25) is 0 Å². The second-order valence-electron chi connectivity index (χ2n) is 4.14. The molecule has 0 aliphatic heterocycles. The van der Waals surface area contributed by atoms with E-state index < -0.39 is 0 Å². The molecule has 0 fully saturated rings. The van der Waals surface area contributed by atoms with Crippen LogP contribution in [0, 0.1) is 6.92 Å². The highest BCUT2D eigenvalue weighted by Gasteiger charge is 2.18. The van der Waals surface area contributed by atoms with Crippen molar-refractivity contribution in [3.05, 3.63) is 23.7 Å². The SMILES string of the molecule is Cc1ccoc1C(=O)NC(C)(C)C. The summed E-state index contributed by atoms with van der Waals surface area (Å²) in [6.45, 7) is 7.65. The van der Waals surface area contributed by atoms with Gasteiger partial charge in [-0.1, -0.05) is 0 Å². The number of rotatable bonds is 1. The molecule has 1 aromatic heterocycles. The van der Waals surface area contributed by atoms with Gasteiger partial charge in [-0.3, -0.25) is 4.79 Å². The fourth-order valence-corrected chi connectivity index (χ4v) is 1.00. The highest BCUT2D eigenvalue weighted by Crippen LogP contribution is 2.10. The van der Waals surface area contributed by atoms with Crippen LogP contribution < -0.4 is 5.32 Å². The molecule has 0 radical (unpaired) electrons. The van der Waals surface area contributed by atoms with Gasteiger partial charge in [-0.2, -0.15) is 0 Å². The minimum atomic E-state index is -0.226. The Morgan fingerprint density at radius 2 is 2.08 bits per heavy atom. The summed E-state index contributed by atoms with van der Waals surface area (Å²) in [6, 6.07) is 1.78. The van der Waals surface area contributed by atoms with Gasteiger partial charge in [-0.15, -0.1) is 0 Å². The summed E-state index contributed by atoms with van der Waals surface area (Å²) in [5, 5.41) is 2.83. The van der Waals surface area contributed by atoms with Crippen molar-refractivity contribution >= 4 is 5.91 Å². The number of aryl methyl sites for hydroxylation is 1. The van der Waals surface area contributed by atoms with E-state index in [0.717, 1.165) is 5.56 Å². The zero-order valence-corrected chi connectivity index (χ0v) is 8.47. The van der Waals surface area contributed by atoms with E-state index in [-0.39, 0.29) is 11.4 Å². The van der Waals surface area contributed by atoms with E-state index in [4.69, 9.17) is 4.42 Å². The van der Waals surface area contributed by atoms with Crippen LogP contribution in [0.25, 0.3) is 0 Å².